The first-order valence-corrected chi connectivity index (χ1v) is 7.28. The molecule has 0 aliphatic carbocycles. The maximum absolute atomic E-state index is 11.9. The lowest BCUT2D eigenvalue weighted by atomic mass is 10.1. The fourth-order valence-electron chi connectivity index (χ4n) is 2.98. The molecule has 1 amide bonds. The van der Waals surface area contributed by atoms with Gasteiger partial charge in [-0.2, -0.15) is 10.4 Å². The Morgan fingerprint density at radius 2 is 2.48 bits per heavy atom. The molecular formula is C15H17N7O. The Balaban J connectivity index is 1.82. The summed E-state index contributed by atoms with van der Waals surface area (Å²) in [6, 6.07) is 3.77. The van der Waals surface area contributed by atoms with Crippen LogP contribution >= 0.6 is 0 Å². The van der Waals surface area contributed by atoms with E-state index in [4.69, 9.17) is 11.1 Å². The lowest BCUT2D eigenvalue weighted by Gasteiger charge is -2.30. The Bertz CT molecular complexity index is 739. The highest BCUT2D eigenvalue weighted by Gasteiger charge is 2.34. The van der Waals surface area contributed by atoms with E-state index >= 15 is 0 Å². The SMILES string of the molecule is C=C1C=Nc2[nH]ccc2N1/C(=N\N)[C@@H]1CCN(C(=O)CC#N)C1. The monoisotopic (exact) mass is 311 g/mol. The van der Waals surface area contributed by atoms with Crippen LogP contribution in [0.2, 0.25) is 0 Å². The summed E-state index contributed by atoms with van der Waals surface area (Å²) in [5.74, 6) is 6.85. The molecule has 2 aliphatic heterocycles. The number of aliphatic imine (C=N–C) groups is 1. The van der Waals surface area contributed by atoms with Gasteiger partial charge in [-0.3, -0.25) is 9.69 Å². The number of nitriles is 1. The number of carbonyl (C=O) groups is 1. The smallest absolute Gasteiger partial charge is 0.236 e. The van der Waals surface area contributed by atoms with Crippen molar-refractivity contribution < 1.29 is 4.79 Å². The highest BCUT2D eigenvalue weighted by atomic mass is 16.2. The van der Waals surface area contributed by atoms with Crippen molar-refractivity contribution in [1.82, 2.24) is 9.88 Å². The summed E-state index contributed by atoms with van der Waals surface area (Å²) >= 11 is 0. The summed E-state index contributed by atoms with van der Waals surface area (Å²) in [5.41, 5.74) is 1.51. The van der Waals surface area contributed by atoms with Crippen LogP contribution in [0.3, 0.4) is 0 Å². The van der Waals surface area contributed by atoms with Gasteiger partial charge < -0.3 is 15.7 Å². The molecule has 8 nitrogen and oxygen atoms in total. The average Bonchev–Trinajstić information content (AvgIpc) is 3.19. The van der Waals surface area contributed by atoms with Gasteiger partial charge in [-0.1, -0.05) is 6.58 Å². The minimum atomic E-state index is -0.160. The number of nitrogens with two attached hydrogens (primary N) is 1. The minimum absolute atomic E-state index is 0.00589. The predicted octanol–water partition coefficient (Wildman–Crippen LogP) is 1.09. The van der Waals surface area contributed by atoms with Crippen LogP contribution in [0.5, 0.6) is 0 Å². The topological polar surface area (TPSA) is 114 Å². The molecule has 1 aromatic rings. The second-order valence-electron chi connectivity index (χ2n) is 5.44. The van der Waals surface area contributed by atoms with E-state index in [2.05, 4.69) is 21.7 Å². The van der Waals surface area contributed by atoms with E-state index in [1.54, 1.807) is 17.3 Å². The molecule has 1 atom stereocenters. The first-order valence-electron chi connectivity index (χ1n) is 7.28. The fourth-order valence-corrected chi connectivity index (χ4v) is 2.98. The van der Waals surface area contributed by atoms with Gasteiger partial charge in [0.25, 0.3) is 0 Å². The lowest BCUT2D eigenvalue weighted by molar-refractivity contribution is -0.129. The van der Waals surface area contributed by atoms with E-state index in [-0.39, 0.29) is 18.2 Å². The summed E-state index contributed by atoms with van der Waals surface area (Å²) < 4.78 is 0. The molecule has 8 heteroatoms. The predicted molar refractivity (Wildman–Crippen MR) is 87.1 cm³/mol. The molecule has 0 spiro atoms. The fraction of sp³-hybridized carbons (Fsp3) is 0.333. The lowest BCUT2D eigenvalue weighted by Crippen LogP contribution is -2.39. The summed E-state index contributed by atoms with van der Waals surface area (Å²) in [7, 11) is 0. The molecule has 0 radical (unpaired) electrons. The molecule has 118 valence electrons. The molecule has 3 rings (SSSR count). The normalized spacial score (nSPS) is 20.6. The number of hydrogen-bond donors (Lipinski definition) is 2. The summed E-state index contributed by atoms with van der Waals surface area (Å²) in [6.45, 7) is 5.09. The third-order valence-electron chi connectivity index (χ3n) is 4.07. The second kappa shape index (κ2) is 5.96. The van der Waals surface area contributed by atoms with Crippen molar-refractivity contribution in [2.45, 2.75) is 12.8 Å². The van der Waals surface area contributed by atoms with Crippen LogP contribution in [-0.4, -0.2) is 40.9 Å². The molecule has 0 unspecified atom stereocenters. The molecule has 0 bridgehead atoms. The van der Waals surface area contributed by atoms with Crippen molar-refractivity contribution in [1.29, 1.82) is 5.26 Å². The number of allylic oxidation sites excluding steroid dienone is 1. The number of anilines is 1. The number of nitrogens with one attached hydrogen (secondary N) is 1. The van der Waals surface area contributed by atoms with E-state index in [0.29, 0.717) is 30.4 Å². The van der Waals surface area contributed by atoms with Gasteiger partial charge in [0.1, 0.15) is 12.3 Å². The molecule has 1 fully saturated rings. The van der Waals surface area contributed by atoms with Gasteiger partial charge in [-0.25, -0.2) is 4.99 Å². The number of fused-ring (bicyclic) bond motifs is 1. The average molecular weight is 311 g/mol. The Hall–Kier alpha value is -3.08. The molecule has 23 heavy (non-hydrogen) atoms. The van der Waals surface area contributed by atoms with Crippen molar-refractivity contribution >= 4 is 29.5 Å². The number of rotatable bonds is 2. The summed E-state index contributed by atoms with van der Waals surface area (Å²) in [5, 5.41) is 12.6. The van der Waals surface area contributed by atoms with Crippen LogP contribution in [0, 0.1) is 17.2 Å². The molecule has 1 saturated heterocycles. The number of amidine groups is 1. The Kier molecular flexibility index (Phi) is 3.85. The van der Waals surface area contributed by atoms with Gasteiger partial charge >= 0.3 is 0 Å². The van der Waals surface area contributed by atoms with E-state index in [9.17, 15) is 4.79 Å². The molecule has 3 N–H and O–H groups in total. The summed E-state index contributed by atoms with van der Waals surface area (Å²) in [6.07, 6.45) is 4.08. The maximum Gasteiger partial charge on any atom is 0.236 e. The van der Waals surface area contributed by atoms with E-state index in [0.717, 1.165) is 12.1 Å². The molecule has 0 aromatic carbocycles. The highest BCUT2D eigenvalue weighted by Crippen LogP contribution is 2.35. The van der Waals surface area contributed by atoms with Gasteiger partial charge in [0, 0.05) is 25.2 Å². The van der Waals surface area contributed by atoms with Crippen molar-refractivity contribution in [3.63, 3.8) is 0 Å². The second-order valence-corrected chi connectivity index (χ2v) is 5.44. The van der Waals surface area contributed by atoms with Crippen molar-refractivity contribution in [2.75, 3.05) is 18.0 Å². The number of aromatic amines is 1. The number of carbonyl (C=O) groups excluding carboxylic acids is 1. The van der Waals surface area contributed by atoms with Crippen LogP contribution in [0.15, 0.2) is 34.6 Å². The zero-order chi connectivity index (χ0) is 16.4. The van der Waals surface area contributed by atoms with Crippen LogP contribution in [0.25, 0.3) is 0 Å². The summed E-state index contributed by atoms with van der Waals surface area (Å²) in [4.78, 5) is 22.7. The quantitative estimate of drug-likeness (QED) is 0.368. The van der Waals surface area contributed by atoms with Gasteiger partial charge in [0.2, 0.25) is 5.91 Å². The number of amides is 1. The number of likely N-dealkylation sites (tertiary alicyclic amines) is 1. The maximum atomic E-state index is 11.9. The van der Waals surface area contributed by atoms with Crippen molar-refractivity contribution in [2.24, 2.45) is 21.9 Å². The minimum Gasteiger partial charge on any atom is -0.345 e. The Morgan fingerprint density at radius 1 is 1.65 bits per heavy atom. The first kappa shape index (κ1) is 14.8. The molecule has 3 heterocycles. The van der Waals surface area contributed by atoms with Crippen LogP contribution in [-0.2, 0) is 4.79 Å². The highest BCUT2D eigenvalue weighted by molar-refractivity contribution is 6.11. The third kappa shape index (κ3) is 2.57. The Morgan fingerprint density at radius 3 is 3.22 bits per heavy atom. The third-order valence-corrected chi connectivity index (χ3v) is 4.07. The molecular weight excluding hydrogens is 294 g/mol. The van der Waals surface area contributed by atoms with E-state index in [1.165, 1.54) is 0 Å². The van der Waals surface area contributed by atoms with Gasteiger partial charge in [0.05, 0.1) is 23.7 Å². The molecule has 2 aliphatic rings. The molecule has 1 aromatic heterocycles. The van der Waals surface area contributed by atoms with Crippen LogP contribution in [0.4, 0.5) is 11.5 Å². The van der Waals surface area contributed by atoms with Crippen molar-refractivity contribution in [3.05, 3.63) is 24.5 Å². The zero-order valence-electron chi connectivity index (χ0n) is 12.6. The largest absolute Gasteiger partial charge is 0.345 e. The number of aromatic nitrogens is 1. The number of hydrazone groups is 1. The van der Waals surface area contributed by atoms with E-state index in [1.807, 2.05) is 17.0 Å². The van der Waals surface area contributed by atoms with Crippen LogP contribution in [0.1, 0.15) is 12.8 Å². The number of hydrogen-bond acceptors (Lipinski definition) is 5. The zero-order valence-corrected chi connectivity index (χ0v) is 12.6. The van der Waals surface area contributed by atoms with Crippen LogP contribution < -0.4 is 10.7 Å². The van der Waals surface area contributed by atoms with Gasteiger partial charge in [-0.05, 0) is 12.5 Å². The van der Waals surface area contributed by atoms with E-state index < -0.39 is 0 Å². The Labute approximate surface area is 133 Å². The number of nitrogens with zero attached hydrogens (tertiary/aromatic N) is 5. The first-order chi connectivity index (χ1) is 11.2. The van der Waals surface area contributed by atoms with Crippen molar-refractivity contribution in [3.8, 4) is 6.07 Å². The number of H-pyrrole nitrogens is 1. The van der Waals surface area contributed by atoms with Gasteiger partial charge in [-0.15, -0.1) is 0 Å². The molecule has 0 saturated carbocycles. The van der Waals surface area contributed by atoms with Gasteiger partial charge in [0.15, 0.2) is 5.82 Å². The standard InChI is InChI=1S/C15H17N7O/c1-10-8-19-14-12(3-6-18-14)22(10)15(20-17)11-4-7-21(9-11)13(23)2-5-16/h3,6,8,11,18H,1-2,4,7,9,17H2/b20-15-/t11-/m1/s1.